The van der Waals surface area contributed by atoms with E-state index < -0.39 is 0 Å². The number of nitrogens with one attached hydrogen (secondary N) is 1. The second-order valence-electron chi connectivity index (χ2n) is 3.09. The van der Waals surface area contributed by atoms with Gasteiger partial charge in [-0.3, -0.25) is 0 Å². The molecule has 0 amide bonds. The summed E-state index contributed by atoms with van der Waals surface area (Å²) in [5, 5.41) is 3.26. The highest BCUT2D eigenvalue weighted by molar-refractivity contribution is 5.44. The van der Waals surface area contributed by atoms with Gasteiger partial charge in [-0.15, -0.1) is 0 Å². The van der Waals surface area contributed by atoms with Gasteiger partial charge in [-0.25, -0.2) is 9.97 Å². The first kappa shape index (κ1) is 6.58. The van der Waals surface area contributed by atoms with Gasteiger partial charge in [-0.1, -0.05) is 6.92 Å². The fraction of sp³-hybridized carbons (Fsp3) is 0.500. The molecule has 0 saturated heterocycles. The summed E-state index contributed by atoms with van der Waals surface area (Å²) in [7, 11) is 0. The fourth-order valence-electron chi connectivity index (χ4n) is 1.39. The molecular formula is C8H11N3. The van der Waals surface area contributed by atoms with Gasteiger partial charge in [0, 0.05) is 18.3 Å². The molecule has 0 aromatic carbocycles. The van der Waals surface area contributed by atoms with Crippen molar-refractivity contribution in [2.24, 2.45) is 5.92 Å². The van der Waals surface area contributed by atoms with Crippen molar-refractivity contribution in [3.63, 3.8) is 0 Å². The normalized spacial score (nSPS) is 22.1. The molecule has 3 nitrogen and oxygen atoms in total. The van der Waals surface area contributed by atoms with Gasteiger partial charge in [-0.05, 0) is 12.3 Å². The summed E-state index contributed by atoms with van der Waals surface area (Å²) >= 11 is 0. The van der Waals surface area contributed by atoms with E-state index in [1.165, 1.54) is 5.56 Å². The molecule has 1 aromatic heterocycles. The van der Waals surface area contributed by atoms with Crippen molar-refractivity contribution >= 4 is 5.82 Å². The largest absolute Gasteiger partial charge is 0.369 e. The first-order chi connectivity index (χ1) is 5.36. The molecule has 2 rings (SSSR count). The standard InChI is InChI=1S/C8H11N3/c1-6-2-7-4-9-5-11-8(7)10-3-6/h4-6H,2-3H2,1H3,(H,9,10,11). The van der Waals surface area contributed by atoms with Crippen LogP contribution in [0.15, 0.2) is 12.5 Å². The molecule has 0 saturated carbocycles. The lowest BCUT2D eigenvalue weighted by Gasteiger charge is -2.21. The third-order valence-electron chi connectivity index (χ3n) is 1.97. The number of anilines is 1. The van der Waals surface area contributed by atoms with E-state index in [0.717, 1.165) is 18.8 Å². The summed E-state index contributed by atoms with van der Waals surface area (Å²) in [6, 6.07) is 0. The minimum atomic E-state index is 0.702. The molecule has 0 bridgehead atoms. The van der Waals surface area contributed by atoms with Gasteiger partial charge in [0.2, 0.25) is 0 Å². The summed E-state index contributed by atoms with van der Waals surface area (Å²) in [5.41, 5.74) is 1.24. The maximum Gasteiger partial charge on any atom is 0.132 e. The SMILES string of the molecule is CC1CNc2ncncc2C1. The van der Waals surface area contributed by atoms with E-state index in [1.807, 2.05) is 6.20 Å². The average Bonchev–Trinajstić information content (AvgIpc) is 2.04. The van der Waals surface area contributed by atoms with Crippen molar-refractivity contribution < 1.29 is 0 Å². The van der Waals surface area contributed by atoms with Gasteiger partial charge < -0.3 is 5.32 Å². The Morgan fingerprint density at radius 2 is 2.55 bits per heavy atom. The summed E-state index contributed by atoms with van der Waals surface area (Å²) in [6.07, 6.45) is 4.58. The minimum Gasteiger partial charge on any atom is -0.369 e. The van der Waals surface area contributed by atoms with Gasteiger partial charge >= 0.3 is 0 Å². The first-order valence-corrected chi connectivity index (χ1v) is 3.89. The number of fused-ring (bicyclic) bond motifs is 1. The summed E-state index contributed by atoms with van der Waals surface area (Å²) in [6.45, 7) is 3.26. The molecule has 1 aliphatic heterocycles. The lowest BCUT2D eigenvalue weighted by molar-refractivity contribution is 0.588. The van der Waals surface area contributed by atoms with Crippen molar-refractivity contribution in [2.75, 3.05) is 11.9 Å². The van der Waals surface area contributed by atoms with E-state index >= 15 is 0 Å². The van der Waals surface area contributed by atoms with E-state index in [1.54, 1.807) is 6.33 Å². The minimum absolute atomic E-state index is 0.702. The Morgan fingerprint density at radius 1 is 1.64 bits per heavy atom. The number of nitrogens with zero attached hydrogens (tertiary/aromatic N) is 2. The van der Waals surface area contributed by atoms with Gasteiger partial charge in [0.1, 0.15) is 12.1 Å². The second kappa shape index (κ2) is 2.49. The third kappa shape index (κ3) is 1.18. The fourth-order valence-corrected chi connectivity index (χ4v) is 1.39. The van der Waals surface area contributed by atoms with Crippen molar-refractivity contribution in [1.29, 1.82) is 0 Å². The molecule has 0 aliphatic carbocycles. The van der Waals surface area contributed by atoms with Crippen LogP contribution in [0.2, 0.25) is 0 Å². The van der Waals surface area contributed by atoms with Gasteiger partial charge in [0.05, 0.1) is 0 Å². The highest BCUT2D eigenvalue weighted by Crippen LogP contribution is 2.20. The molecular weight excluding hydrogens is 138 g/mol. The molecule has 58 valence electrons. The lowest BCUT2D eigenvalue weighted by Crippen LogP contribution is -2.21. The van der Waals surface area contributed by atoms with Gasteiger partial charge in [0.25, 0.3) is 0 Å². The summed E-state index contributed by atoms with van der Waals surface area (Å²) < 4.78 is 0. The van der Waals surface area contributed by atoms with E-state index in [-0.39, 0.29) is 0 Å². The van der Waals surface area contributed by atoms with E-state index in [0.29, 0.717) is 5.92 Å². The second-order valence-corrected chi connectivity index (χ2v) is 3.09. The molecule has 1 aromatic rings. The van der Waals surface area contributed by atoms with E-state index in [4.69, 9.17) is 0 Å². The molecule has 11 heavy (non-hydrogen) atoms. The van der Waals surface area contributed by atoms with Crippen molar-refractivity contribution in [2.45, 2.75) is 13.3 Å². The van der Waals surface area contributed by atoms with Crippen LogP contribution in [0.5, 0.6) is 0 Å². The van der Waals surface area contributed by atoms with Crippen LogP contribution in [0.3, 0.4) is 0 Å². The Labute approximate surface area is 65.9 Å². The average molecular weight is 149 g/mol. The van der Waals surface area contributed by atoms with Crippen LogP contribution in [0.1, 0.15) is 12.5 Å². The monoisotopic (exact) mass is 149 g/mol. The van der Waals surface area contributed by atoms with Crippen LogP contribution in [0.25, 0.3) is 0 Å². The Balaban J connectivity index is 2.34. The maximum atomic E-state index is 4.13. The number of hydrogen-bond donors (Lipinski definition) is 1. The molecule has 1 aliphatic rings. The predicted octanol–water partition coefficient (Wildman–Crippen LogP) is 1.08. The molecule has 0 fully saturated rings. The first-order valence-electron chi connectivity index (χ1n) is 3.89. The van der Waals surface area contributed by atoms with Crippen LogP contribution in [-0.4, -0.2) is 16.5 Å². The Hall–Kier alpha value is -1.12. The molecule has 1 N–H and O–H groups in total. The molecule has 1 atom stereocenters. The van der Waals surface area contributed by atoms with Gasteiger partial charge in [-0.2, -0.15) is 0 Å². The quantitative estimate of drug-likeness (QED) is 0.599. The molecule has 0 radical (unpaired) electrons. The van der Waals surface area contributed by atoms with Crippen LogP contribution in [0.4, 0.5) is 5.82 Å². The summed E-state index contributed by atoms with van der Waals surface area (Å²) in [4.78, 5) is 8.11. The zero-order chi connectivity index (χ0) is 7.68. The van der Waals surface area contributed by atoms with Crippen LogP contribution in [0, 0.1) is 5.92 Å². The topological polar surface area (TPSA) is 37.8 Å². The zero-order valence-corrected chi connectivity index (χ0v) is 6.54. The Bertz CT molecular complexity index is 259. The predicted molar refractivity (Wildman–Crippen MR) is 43.4 cm³/mol. The Kier molecular flexibility index (Phi) is 1.49. The highest BCUT2D eigenvalue weighted by Gasteiger charge is 2.14. The maximum absolute atomic E-state index is 4.13. The molecule has 1 unspecified atom stereocenters. The van der Waals surface area contributed by atoms with E-state index in [9.17, 15) is 0 Å². The lowest BCUT2D eigenvalue weighted by atomic mass is 9.99. The van der Waals surface area contributed by atoms with E-state index in [2.05, 4.69) is 22.2 Å². The molecule has 0 spiro atoms. The van der Waals surface area contributed by atoms with Crippen LogP contribution in [-0.2, 0) is 6.42 Å². The number of hydrogen-bond acceptors (Lipinski definition) is 3. The van der Waals surface area contributed by atoms with Crippen molar-refractivity contribution in [3.8, 4) is 0 Å². The molecule has 3 heteroatoms. The summed E-state index contributed by atoms with van der Waals surface area (Å²) in [5.74, 6) is 1.71. The Morgan fingerprint density at radius 3 is 3.45 bits per heavy atom. The van der Waals surface area contributed by atoms with Crippen molar-refractivity contribution in [1.82, 2.24) is 9.97 Å². The van der Waals surface area contributed by atoms with Crippen LogP contribution < -0.4 is 5.32 Å². The smallest absolute Gasteiger partial charge is 0.132 e. The number of aromatic nitrogens is 2. The molecule has 2 heterocycles. The van der Waals surface area contributed by atoms with Gasteiger partial charge in [0.15, 0.2) is 0 Å². The van der Waals surface area contributed by atoms with Crippen LogP contribution >= 0.6 is 0 Å². The van der Waals surface area contributed by atoms with Crippen molar-refractivity contribution in [3.05, 3.63) is 18.1 Å². The highest BCUT2D eigenvalue weighted by atomic mass is 15.0. The zero-order valence-electron chi connectivity index (χ0n) is 6.54. The third-order valence-corrected chi connectivity index (χ3v) is 1.97. The number of rotatable bonds is 0.